The molecule has 0 aliphatic carbocycles. The molecule has 0 saturated carbocycles. The summed E-state index contributed by atoms with van der Waals surface area (Å²) in [4.78, 5) is 24.4. The zero-order valence-corrected chi connectivity index (χ0v) is 10.3. The number of Topliss-reactive ketones (excluding diaryl/α,β-unsaturated/α-hetero) is 1. The van der Waals surface area contributed by atoms with Crippen molar-refractivity contribution in [2.45, 2.75) is 38.4 Å². The first-order valence-electron chi connectivity index (χ1n) is 5.52. The Morgan fingerprint density at radius 3 is 2.73 bits per heavy atom. The molecule has 0 bridgehead atoms. The van der Waals surface area contributed by atoms with Gasteiger partial charge in [0.25, 0.3) is 0 Å². The van der Waals surface area contributed by atoms with E-state index < -0.39 is 0 Å². The van der Waals surface area contributed by atoms with Crippen LogP contribution in [0.4, 0.5) is 0 Å². The smallest absolute Gasteiger partial charge is 0.223 e. The maximum atomic E-state index is 11.7. The zero-order valence-electron chi connectivity index (χ0n) is 9.49. The lowest BCUT2D eigenvalue weighted by molar-refractivity contribution is -0.132. The number of carbonyl (C=O) groups excluding carboxylic acids is 2. The van der Waals surface area contributed by atoms with Crippen molar-refractivity contribution in [1.82, 2.24) is 4.90 Å². The molecule has 3 nitrogen and oxygen atoms in total. The monoisotopic (exact) mass is 229 g/mol. The number of hydrogen-bond acceptors (Lipinski definition) is 3. The summed E-state index contributed by atoms with van der Waals surface area (Å²) in [7, 11) is 0. The molecule has 86 valence electrons. The summed E-state index contributed by atoms with van der Waals surface area (Å²) >= 11 is 1.95. The van der Waals surface area contributed by atoms with E-state index in [0.29, 0.717) is 18.1 Å². The van der Waals surface area contributed by atoms with Gasteiger partial charge in [0.1, 0.15) is 5.78 Å². The van der Waals surface area contributed by atoms with Gasteiger partial charge in [-0.2, -0.15) is 11.8 Å². The summed E-state index contributed by atoms with van der Waals surface area (Å²) in [6, 6.07) is 0. The number of carbonyl (C=O) groups is 2. The third-order valence-corrected chi connectivity index (χ3v) is 4.01. The van der Waals surface area contributed by atoms with Crippen molar-refractivity contribution < 1.29 is 9.59 Å². The fourth-order valence-corrected chi connectivity index (χ4v) is 2.81. The van der Waals surface area contributed by atoms with E-state index in [1.807, 2.05) is 16.7 Å². The first-order chi connectivity index (χ1) is 7.13. The second-order valence-electron chi connectivity index (χ2n) is 3.94. The highest BCUT2D eigenvalue weighted by Gasteiger charge is 2.22. The quantitative estimate of drug-likeness (QED) is 0.736. The fourth-order valence-electron chi connectivity index (χ4n) is 1.63. The van der Waals surface area contributed by atoms with Crippen LogP contribution in [0.25, 0.3) is 0 Å². The highest BCUT2D eigenvalue weighted by atomic mass is 32.2. The van der Waals surface area contributed by atoms with E-state index in [1.54, 1.807) is 0 Å². The van der Waals surface area contributed by atoms with Gasteiger partial charge in [-0.15, -0.1) is 0 Å². The third kappa shape index (κ3) is 4.24. The van der Waals surface area contributed by atoms with Crippen molar-refractivity contribution in [3.63, 3.8) is 0 Å². The van der Waals surface area contributed by atoms with Gasteiger partial charge in [-0.05, 0) is 13.3 Å². The first-order valence-corrected chi connectivity index (χ1v) is 6.57. The summed E-state index contributed by atoms with van der Waals surface area (Å²) in [5.74, 6) is 1.27. The molecule has 4 heteroatoms. The van der Waals surface area contributed by atoms with Gasteiger partial charge in [0.05, 0.1) is 0 Å². The van der Waals surface area contributed by atoms with Crippen LogP contribution < -0.4 is 0 Å². The van der Waals surface area contributed by atoms with E-state index in [4.69, 9.17) is 0 Å². The molecule has 1 rings (SSSR count). The molecular formula is C11H19NO2S. The summed E-state index contributed by atoms with van der Waals surface area (Å²) < 4.78 is 0. The lowest BCUT2D eigenvalue weighted by atomic mass is 10.2. The fraction of sp³-hybridized carbons (Fsp3) is 0.818. The van der Waals surface area contributed by atoms with Crippen LogP contribution in [-0.4, -0.2) is 40.7 Å². The number of rotatable bonds is 4. The summed E-state index contributed by atoms with van der Waals surface area (Å²) in [6.45, 7) is 5.39. The van der Waals surface area contributed by atoms with Gasteiger partial charge in [0.2, 0.25) is 5.91 Å². The molecule has 1 saturated heterocycles. The van der Waals surface area contributed by atoms with Crippen LogP contribution in [0.1, 0.15) is 33.1 Å². The molecule has 1 atom stereocenters. The van der Waals surface area contributed by atoms with E-state index in [2.05, 4.69) is 6.92 Å². The molecule has 1 unspecified atom stereocenters. The highest BCUT2D eigenvalue weighted by Crippen LogP contribution is 2.21. The number of hydrogen-bond donors (Lipinski definition) is 0. The third-order valence-electron chi connectivity index (χ3n) is 2.64. The maximum Gasteiger partial charge on any atom is 0.223 e. The molecular weight excluding hydrogens is 210 g/mol. The van der Waals surface area contributed by atoms with Crippen molar-refractivity contribution in [2.24, 2.45) is 0 Å². The number of ketones is 1. The first kappa shape index (κ1) is 12.6. The van der Waals surface area contributed by atoms with Crippen molar-refractivity contribution in [2.75, 3.05) is 18.8 Å². The van der Waals surface area contributed by atoms with Crippen LogP contribution in [0, 0.1) is 0 Å². The minimum Gasteiger partial charge on any atom is -0.341 e. The Labute approximate surface area is 95.6 Å². The summed E-state index contributed by atoms with van der Waals surface area (Å²) in [6.07, 6.45) is 1.89. The summed E-state index contributed by atoms with van der Waals surface area (Å²) in [5, 5.41) is 0.583. The molecule has 1 heterocycles. The maximum absolute atomic E-state index is 11.7. The van der Waals surface area contributed by atoms with E-state index in [0.717, 1.165) is 25.3 Å². The van der Waals surface area contributed by atoms with Crippen LogP contribution in [-0.2, 0) is 9.59 Å². The standard InChI is InChI=1S/C11H19NO2S/c1-3-10-8-12(6-7-15-10)11(14)5-4-9(2)13/h10H,3-8H2,1-2H3. The lowest BCUT2D eigenvalue weighted by Crippen LogP contribution is -2.41. The molecule has 15 heavy (non-hydrogen) atoms. The zero-order chi connectivity index (χ0) is 11.3. The SMILES string of the molecule is CCC1CN(C(=O)CCC(C)=O)CCS1. The van der Waals surface area contributed by atoms with Gasteiger partial charge in [-0.25, -0.2) is 0 Å². The van der Waals surface area contributed by atoms with Gasteiger partial charge in [0.15, 0.2) is 0 Å². The minimum absolute atomic E-state index is 0.0989. The molecule has 0 aromatic heterocycles. The number of nitrogens with zero attached hydrogens (tertiary/aromatic N) is 1. The lowest BCUT2D eigenvalue weighted by Gasteiger charge is -2.31. The Balaban J connectivity index is 2.35. The van der Waals surface area contributed by atoms with Crippen LogP contribution in [0.5, 0.6) is 0 Å². The largest absolute Gasteiger partial charge is 0.341 e. The molecule has 0 N–H and O–H groups in total. The number of thioether (sulfide) groups is 1. The van der Waals surface area contributed by atoms with E-state index in [1.165, 1.54) is 6.92 Å². The van der Waals surface area contributed by atoms with Gasteiger partial charge in [0, 0.05) is 36.9 Å². The van der Waals surface area contributed by atoms with Gasteiger partial charge in [-0.3, -0.25) is 4.79 Å². The molecule has 1 aliphatic heterocycles. The van der Waals surface area contributed by atoms with Crippen LogP contribution >= 0.6 is 11.8 Å². The molecule has 0 spiro atoms. The topological polar surface area (TPSA) is 37.4 Å². The van der Waals surface area contributed by atoms with Gasteiger partial charge < -0.3 is 9.69 Å². The second kappa shape index (κ2) is 6.16. The molecule has 0 aromatic carbocycles. The average molecular weight is 229 g/mol. The Kier molecular flexibility index (Phi) is 5.15. The normalized spacial score (nSPS) is 21.5. The molecule has 1 aliphatic rings. The second-order valence-corrected chi connectivity index (χ2v) is 5.35. The van der Waals surface area contributed by atoms with Crippen molar-refractivity contribution in [3.05, 3.63) is 0 Å². The van der Waals surface area contributed by atoms with Crippen LogP contribution in [0.15, 0.2) is 0 Å². The molecule has 0 aromatic rings. The highest BCUT2D eigenvalue weighted by molar-refractivity contribution is 8.00. The van der Waals surface area contributed by atoms with E-state index in [-0.39, 0.29) is 11.7 Å². The summed E-state index contributed by atoms with van der Waals surface area (Å²) in [5.41, 5.74) is 0. The van der Waals surface area contributed by atoms with E-state index in [9.17, 15) is 9.59 Å². The number of amides is 1. The molecule has 1 fully saturated rings. The van der Waals surface area contributed by atoms with Crippen molar-refractivity contribution in [1.29, 1.82) is 0 Å². The minimum atomic E-state index is 0.0989. The Bertz CT molecular complexity index is 243. The predicted molar refractivity (Wildman–Crippen MR) is 63.0 cm³/mol. The van der Waals surface area contributed by atoms with Crippen LogP contribution in [0.3, 0.4) is 0 Å². The van der Waals surface area contributed by atoms with Crippen LogP contribution in [0.2, 0.25) is 0 Å². The van der Waals surface area contributed by atoms with E-state index >= 15 is 0 Å². The average Bonchev–Trinajstić information content (AvgIpc) is 2.26. The van der Waals surface area contributed by atoms with Gasteiger partial charge >= 0.3 is 0 Å². The van der Waals surface area contributed by atoms with Crippen molar-refractivity contribution in [3.8, 4) is 0 Å². The Morgan fingerprint density at radius 2 is 2.13 bits per heavy atom. The Morgan fingerprint density at radius 1 is 1.40 bits per heavy atom. The predicted octanol–water partition coefficient (Wildman–Crippen LogP) is 1.71. The molecule has 0 radical (unpaired) electrons. The van der Waals surface area contributed by atoms with Gasteiger partial charge in [-0.1, -0.05) is 6.92 Å². The Hall–Kier alpha value is -0.510. The molecule has 1 amide bonds. The van der Waals surface area contributed by atoms with Crippen molar-refractivity contribution >= 4 is 23.5 Å².